The van der Waals surface area contributed by atoms with Crippen LogP contribution in [0.25, 0.3) is 0 Å². The van der Waals surface area contributed by atoms with E-state index in [1.807, 2.05) is 0 Å². The maximum absolute atomic E-state index is 5.24. The number of hydrogen-bond donors (Lipinski definition) is 0. The van der Waals surface area contributed by atoms with Gasteiger partial charge in [-0.3, -0.25) is 0 Å². The second-order valence-corrected chi connectivity index (χ2v) is 2.79. The Kier molecular flexibility index (Phi) is 8.51. The van der Waals surface area contributed by atoms with Crippen molar-refractivity contribution < 1.29 is 0 Å². The highest BCUT2D eigenvalue weighted by Crippen LogP contribution is 2.06. The van der Waals surface area contributed by atoms with E-state index in [2.05, 4.69) is 6.92 Å². The highest BCUT2D eigenvalue weighted by molar-refractivity contribution is 4.61. The minimum absolute atomic E-state index is 1.09. The van der Waals surface area contributed by atoms with Crippen LogP contribution in [0.2, 0.25) is 0 Å². The molecule has 0 bridgehead atoms. The van der Waals surface area contributed by atoms with Crippen LogP contribution in [-0.2, 0) is 0 Å². The van der Waals surface area contributed by atoms with E-state index in [0.29, 0.717) is 0 Å². The summed E-state index contributed by atoms with van der Waals surface area (Å²) in [5.41, 5.74) is 0. The predicted octanol–water partition coefficient (Wildman–Crippen LogP) is 3.73. The van der Waals surface area contributed by atoms with E-state index in [4.69, 9.17) is 6.58 Å². The summed E-state index contributed by atoms with van der Waals surface area (Å²) in [5, 5.41) is 0. The van der Waals surface area contributed by atoms with Gasteiger partial charge in [-0.15, -0.1) is 0 Å². The first-order valence-electron chi connectivity index (χ1n) is 4.45. The van der Waals surface area contributed by atoms with Gasteiger partial charge in [0, 0.05) is 0 Å². The Labute approximate surface area is 65.3 Å². The molecule has 1 radical (unpaired) electrons. The Morgan fingerprint density at radius 2 is 1.60 bits per heavy atom. The van der Waals surface area contributed by atoms with Crippen LogP contribution in [-0.4, -0.2) is 0 Å². The molecule has 0 fully saturated rings. The van der Waals surface area contributed by atoms with Crippen molar-refractivity contribution in [2.45, 2.75) is 51.9 Å². The van der Waals surface area contributed by atoms with Crippen LogP contribution in [0, 0.1) is 6.58 Å². The van der Waals surface area contributed by atoms with Crippen LogP contribution in [0.5, 0.6) is 0 Å². The third-order valence-corrected chi connectivity index (χ3v) is 1.72. The third-order valence-electron chi connectivity index (χ3n) is 1.72. The van der Waals surface area contributed by atoms with E-state index >= 15 is 0 Å². The van der Waals surface area contributed by atoms with Gasteiger partial charge in [0.05, 0.1) is 0 Å². The topological polar surface area (TPSA) is 0 Å². The molecule has 0 unspecified atom stereocenters. The SMILES string of the molecule is [CH]=CCCCCCCCC. The number of rotatable bonds is 7. The van der Waals surface area contributed by atoms with E-state index in [1.54, 1.807) is 6.08 Å². The highest BCUT2D eigenvalue weighted by atomic mass is 13.9. The summed E-state index contributed by atoms with van der Waals surface area (Å²) >= 11 is 0. The first-order valence-corrected chi connectivity index (χ1v) is 4.45. The quantitative estimate of drug-likeness (QED) is 0.471. The van der Waals surface area contributed by atoms with Gasteiger partial charge in [0.2, 0.25) is 0 Å². The lowest BCUT2D eigenvalue weighted by Gasteiger charge is -1.96. The van der Waals surface area contributed by atoms with Gasteiger partial charge >= 0.3 is 0 Å². The van der Waals surface area contributed by atoms with Gasteiger partial charge in [0.1, 0.15) is 0 Å². The molecule has 0 aromatic heterocycles. The molecule has 0 nitrogen and oxygen atoms in total. The summed E-state index contributed by atoms with van der Waals surface area (Å²) < 4.78 is 0. The minimum Gasteiger partial charge on any atom is -0.0845 e. The van der Waals surface area contributed by atoms with Gasteiger partial charge in [-0.05, 0) is 12.8 Å². The molecule has 0 rings (SSSR count). The van der Waals surface area contributed by atoms with Gasteiger partial charge in [-0.25, -0.2) is 0 Å². The lowest BCUT2D eigenvalue weighted by Crippen LogP contribution is -1.76. The summed E-state index contributed by atoms with van der Waals surface area (Å²) in [4.78, 5) is 0. The minimum atomic E-state index is 1.09. The maximum atomic E-state index is 5.24. The molecule has 0 aliphatic carbocycles. The molecule has 0 spiro atoms. The molecule has 0 amide bonds. The Morgan fingerprint density at radius 1 is 1.00 bits per heavy atom. The molecular weight excluding hydrogens is 120 g/mol. The summed E-state index contributed by atoms with van der Waals surface area (Å²) in [5.74, 6) is 0. The molecule has 10 heavy (non-hydrogen) atoms. The van der Waals surface area contributed by atoms with Gasteiger partial charge in [-0.2, -0.15) is 0 Å². The normalized spacial score (nSPS) is 9.70. The van der Waals surface area contributed by atoms with E-state index in [0.717, 1.165) is 6.42 Å². The first kappa shape index (κ1) is 9.74. The van der Waals surface area contributed by atoms with Crippen LogP contribution in [0.3, 0.4) is 0 Å². The lowest BCUT2D eigenvalue weighted by molar-refractivity contribution is 0.611. The molecule has 0 N–H and O–H groups in total. The number of hydrogen-bond acceptors (Lipinski definition) is 0. The van der Waals surface area contributed by atoms with E-state index in [1.165, 1.54) is 38.5 Å². The van der Waals surface area contributed by atoms with Crippen molar-refractivity contribution in [3.05, 3.63) is 12.7 Å². The molecule has 0 saturated carbocycles. The molecule has 0 aliphatic heterocycles. The molecule has 0 atom stereocenters. The van der Waals surface area contributed by atoms with Gasteiger partial charge in [-0.1, -0.05) is 51.7 Å². The van der Waals surface area contributed by atoms with Crippen molar-refractivity contribution in [2.75, 3.05) is 0 Å². The van der Waals surface area contributed by atoms with E-state index in [-0.39, 0.29) is 0 Å². The zero-order valence-corrected chi connectivity index (χ0v) is 7.10. The van der Waals surface area contributed by atoms with Crippen LogP contribution < -0.4 is 0 Å². The zero-order chi connectivity index (χ0) is 7.66. The van der Waals surface area contributed by atoms with Crippen molar-refractivity contribution in [1.29, 1.82) is 0 Å². The summed E-state index contributed by atoms with van der Waals surface area (Å²) in [6, 6.07) is 0. The molecule has 0 aromatic carbocycles. The van der Waals surface area contributed by atoms with Crippen molar-refractivity contribution >= 4 is 0 Å². The fraction of sp³-hybridized carbons (Fsp3) is 0.800. The molecule has 0 heterocycles. The van der Waals surface area contributed by atoms with Crippen LogP contribution in [0.15, 0.2) is 6.08 Å². The molecule has 0 saturated heterocycles. The first-order chi connectivity index (χ1) is 4.91. The van der Waals surface area contributed by atoms with E-state index in [9.17, 15) is 0 Å². The second kappa shape index (κ2) is 8.74. The predicted molar refractivity (Wildman–Crippen MR) is 46.9 cm³/mol. The summed E-state index contributed by atoms with van der Waals surface area (Å²) in [7, 11) is 0. The zero-order valence-electron chi connectivity index (χ0n) is 7.10. The number of unbranched alkanes of at least 4 members (excludes halogenated alkanes) is 6. The molecule has 59 valence electrons. The van der Waals surface area contributed by atoms with Gasteiger partial charge in [0.25, 0.3) is 0 Å². The van der Waals surface area contributed by atoms with Crippen LogP contribution >= 0.6 is 0 Å². The van der Waals surface area contributed by atoms with Gasteiger partial charge < -0.3 is 0 Å². The lowest BCUT2D eigenvalue weighted by atomic mass is 10.1. The largest absolute Gasteiger partial charge is 0.0845 e. The molecule has 0 heteroatoms. The van der Waals surface area contributed by atoms with Crippen LogP contribution in [0.1, 0.15) is 51.9 Å². The Hall–Kier alpha value is -0.260. The monoisotopic (exact) mass is 139 g/mol. The Morgan fingerprint density at radius 3 is 2.20 bits per heavy atom. The number of allylic oxidation sites excluding steroid dienone is 1. The maximum Gasteiger partial charge on any atom is -0.0348 e. The second-order valence-electron chi connectivity index (χ2n) is 2.79. The standard InChI is InChI=1S/C10H19/c1-3-5-7-9-10-8-6-4-2/h1,3H,4-10H2,2H3. The Balaban J connectivity index is 2.70. The highest BCUT2D eigenvalue weighted by Gasteiger charge is 1.86. The van der Waals surface area contributed by atoms with Crippen molar-refractivity contribution in [3.63, 3.8) is 0 Å². The summed E-state index contributed by atoms with van der Waals surface area (Å²) in [6.45, 7) is 7.49. The Bertz CT molecular complexity index is 64.4. The van der Waals surface area contributed by atoms with E-state index < -0.39 is 0 Å². The van der Waals surface area contributed by atoms with Crippen molar-refractivity contribution in [1.82, 2.24) is 0 Å². The average molecular weight is 139 g/mol. The average Bonchev–Trinajstić information content (AvgIpc) is 1.97. The third kappa shape index (κ3) is 7.74. The fourth-order valence-corrected chi connectivity index (χ4v) is 1.04. The molecule has 0 aromatic rings. The molecular formula is C10H19. The fourth-order valence-electron chi connectivity index (χ4n) is 1.04. The smallest absolute Gasteiger partial charge is 0.0348 e. The van der Waals surface area contributed by atoms with Crippen molar-refractivity contribution in [2.24, 2.45) is 0 Å². The van der Waals surface area contributed by atoms with Crippen LogP contribution in [0.4, 0.5) is 0 Å². The van der Waals surface area contributed by atoms with Crippen molar-refractivity contribution in [3.8, 4) is 0 Å². The summed E-state index contributed by atoms with van der Waals surface area (Å²) in [6.07, 6.45) is 11.0. The van der Waals surface area contributed by atoms with Gasteiger partial charge in [0.15, 0.2) is 0 Å². The molecule has 0 aliphatic rings.